The Morgan fingerprint density at radius 1 is 1.08 bits per heavy atom. The van der Waals surface area contributed by atoms with Gasteiger partial charge < -0.3 is 4.74 Å². The van der Waals surface area contributed by atoms with Crippen molar-refractivity contribution in [3.05, 3.63) is 59.2 Å². The second-order valence-corrected chi connectivity index (χ2v) is 6.92. The number of amides is 1. The van der Waals surface area contributed by atoms with E-state index in [-0.39, 0.29) is 5.91 Å². The van der Waals surface area contributed by atoms with Gasteiger partial charge >= 0.3 is 5.97 Å². The average Bonchev–Trinajstić information content (AvgIpc) is 3.03. The lowest BCUT2D eigenvalue weighted by Gasteiger charge is -2.05. The maximum absolute atomic E-state index is 12.4. The number of carbonyl (C=O) groups is 2. The molecule has 6 heteroatoms. The van der Waals surface area contributed by atoms with Crippen LogP contribution in [0.15, 0.2) is 42.5 Å². The minimum atomic E-state index is -0.431. The van der Waals surface area contributed by atoms with Crippen LogP contribution >= 0.6 is 11.3 Å². The molecule has 1 N–H and O–H groups in total. The third-order valence-electron chi connectivity index (χ3n) is 3.86. The van der Waals surface area contributed by atoms with Crippen molar-refractivity contribution < 1.29 is 14.3 Å². The fourth-order valence-electron chi connectivity index (χ4n) is 2.53. The lowest BCUT2D eigenvalue weighted by atomic mass is 10.0. The minimum absolute atomic E-state index is 0.262. The van der Waals surface area contributed by atoms with E-state index in [0.717, 1.165) is 15.8 Å². The number of carbonyl (C=O) groups excluding carboxylic acids is 2. The highest BCUT2D eigenvalue weighted by Gasteiger charge is 2.14. The molecular formula is C19H18N2O3S. The first kappa shape index (κ1) is 17.1. The van der Waals surface area contributed by atoms with Crippen LogP contribution in [0.25, 0.3) is 10.2 Å². The van der Waals surface area contributed by atoms with Crippen molar-refractivity contribution in [1.82, 2.24) is 4.98 Å². The van der Waals surface area contributed by atoms with Crippen molar-refractivity contribution in [2.24, 2.45) is 0 Å². The molecule has 1 heterocycles. The second-order valence-electron chi connectivity index (χ2n) is 5.89. The predicted molar refractivity (Wildman–Crippen MR) is 99.4 cm³/mol. The standard InChI is InChI=1S/C19H18N2O3S/c1-11(2)14-5-4-6-15-16(14)20-19(25-15)21-17(22)12-7-9-13(10-8-12)18(23)24-3/h4-11H,1-3H3,(H,20,21,22). The summed E-state index contributed by atoms with van der Waals surface area (Å²) in [6.07, 6.45) is 0. The summed E-state index contributed by atoms with van der Waals surface area (Å²) in [5.41, 5.74) is 2.95. The molecule has 0 radical (unpaired) electrons. The zero-order valence-electron chi connectivity index (χ0n) is 14.2. The highest BCUT2D eigenvalue weighted by Crippen LogP contribution is 2.31. The summed E-state index contributed by atoms with van der Waals surface area (Å²) in [5, 5.41) is 3.39. The Morgan fingerprint density at radius 3 is 2.40 bits per heavy atom. The van der Waals surface area contributed by atoms with Crippen LogP contribution in [0.5, 0.6) is 0 Å². The average molecular weight is 354 g/mol. The van der Waals surface area contributed by atoms with Crippen LogP contribution in [0.3, 0.4) is 0 Å². The molecule has 1 amide bonds. The highest BCUT2D eigenvalue weighted by atomic mass is 32.1. The van der Waals surface area contributed by atoms with Crippen molar-refractivity contribution in [2.75, 3.05) is 12.4 Å². The van der Waals surface area contributed by atoms with Crippen molar-refractivity contribution in [1.29, 1.82) is 0 Å². The van der Waals surface area contributed by atoms with Crippen LogP contribution in [-0.4, -0.2) is 24.0 Å². The molecule has 0 aliphatic carbocycles. The largest absolute Gasteiger partial charge is 0.465 e. The van der Waals surface area contributed by atoms with E-state index in [2.05, 4.69) is 35.0 Å². The molecule has 0 spiro atoms. The molecule has 0 saturated heterocycles. The topological polar surface area (TPSA) is 68.3 Å². The molecule has 3 aromatic rings. The Labute approximate surface area is 149 Å². The van der Waals surface area contributed by atoms with Gasteiger partial charge in [0.05, 0.1) is 22.9 Å². The SMILES string of the molecule is COC(=O)c1ccc(C(=O)Nc2nc3c(C(C)C)cccc3s2)cc1. The maximum atomic E-state index is 12.4. The van der Waals surface area contributed by atoms with Crippen LogP contribution in [0, 0.1) is 0 Å². The number of nitrogens with one attached hydrogen (secondary N) is 1. The van der Waals surface area contributed by atoms with Gasteiger partial charge in [-0.2, -0.15) is 0 Å². The first-order chi connectivity index (χ1) is 12.0. The smallest absolute Gasteiger partial charge is 0.337 e. The molecule has 0 atom stereocenters. The Balaban J connectivity index is 1.82. The van der Waals surface area contributed by atoms with Crippen LogP contribution in [0.2, 0.25) is 0 Å². The molecule has 0 saturated carbocycles. The molecule has 5 nitrogen and oxygen atoms in total. The highest BCUT2D eigenvalue weighted by molar-refractivity contribution is 7.22. The first-order valence-corrected chi connectivity index (χ1v) is 8.70. The fourth-order valence-corrected chi connectivity index (χ4v) is 3.43. The molecule has 128 valence electrons. The number of hydrogen-bond acceptors (Lipinski definition) is 5. The molecule has 0 unspecified atom stereocenters. The van der Waals surface area contributed by atoms with Crippen LogP contribution in [0.4, 0.5) is 5.13 Å². The van der Waals surface area contributed by atoms with Crippen LogP contribution in [-0.2, 0) is 4.74 Å². The zero-order chi connectivity index (χ0) is 18.0. The second kappa shape index (κ2) is 7.03. The minimum Gasteiger partial charge on any atom is -0.465 e. The Hall–Kier alpha value is -2.73. The van der Waals surface area contributed by atoms with E-state index in [0.29, 0.717) is 22.2 Å². The van der Waals surface area contributed by atoms with Gasteiger partial charge in [-0.1, -0.05) is 37.3 Å². The molecule has 1 aromatic heterocycles. The Morgan fingerprint density at radius 2 is 1.76 bits per heavy atom. The van der Waals surface area contributed by atoms with Gasteiger partial charge in [0.1, 0.15) is 0 Å². The lowest BCUT2D eigenvalue weighted by Crippen LogP contribution is -2.12. The molecule has 0 bridgehead atoms. The molecule has 25 heavy (non-hydrogen) atoms. The summed E-state index contributed by atoms with van der Waals surface area (Å²) in [5.74, 6) is -0.332. The van der Waals surface area contributed by atoms with E-state index in [1.807, 2.05) is 12.1 Å². The fraction of sp³-hybridized carbons (Fsp3) is 0.211. The Bertz CT molecular complexity index is 929. The molecule has 0 aliphatic heterocycles. The van der Waals surface area contributed by atoms with E-state index >= 15 is 0 Å². The number of anilines is 1. The number of aromatic nitrogens is 1. The maximum Gasteiger partial charge on any atom is 0.337 e. The third-order valence-corrected chi connectivity index (χ3v) is 4.80. The van der Waals surface area contributed by atoms with Crippen molar-refractivity contribution in [3.8, 4) is 0 Å². The van der Waals surface area contributed by atoms with E-state index in [1.165, 1.54) is 18.4 Å². The van der Waals surface area contributed by atoms with Crippen LogP contribution < -0.4 is 5.32 Å². The third kappa shape index (κ3) is 3.53. The van der Waals surface area contributed by atoms with E-state index in [9.17, 15) is 9.59 Å². The Kier molecular flexibility index (Phi) is 4.81. The van der Waals surface area contributed by atoms with E-state index in [4.69, 9.17) is 0 Å². The monoisotopic (exact) mass is 354 g/mol. The molecule has 2 aromatic carbocycles. The van der Waals surface area contributed by atoms with Gasteiger partial charge in [-0.15, -0.1) is 0 Å². The number of esters is 1. The lowest BCUT2D eigenvalue weighted by molar-refractivity contribution is 0.0600. The van der Waals surface area contributed by atoms with Crippen molar-refractivity contribution in [3.63, 3.8) is 0 Å². The van der Waals surface area contributed by atoms with Gasteiger partial charge in [-0.25, -0.2) is 9.78 Å². The summed E-state index contributed by atoms with van der Waals surface area (Å²) < 4.78 is 5.69. The summed E-state index contributed by atoms with van der Waals surface area (Å²) in [7, 11) is 1.32. The van der Waals surface area contributed by atoms with Gasteiger partial charge in [0, 0.05) is 5.56 Å². The van der Waals surface area contributed by atoms with Gasteiger partial charge in [0.2, 0.25) is 0 Å². The van der Waals surface area contributed by atoms with Crippen molar-refractivity contribution >= 4 is 38.6 Å². The predicted octanol–water partition coefficient (Wildman–Crippen LogP) is 4.46. The number of para-hydroxylation sites is 1. The number of rotatable bonds is 4. The van der Waals surface area contributed by atoms with E-state index in [1.54, 1.807) is 24.3 Å². The zero-order valence-corrected chi connectivity index (χ0v) is 15.0. The van der Waals surface area contributed by atoms with Gasteiger partial charge in [0.15, 0.2) is 5.13 Å². The molecule has 0 aliphatic rings. The van der Waals surface area contributed by atoms with Crippen LogP contribution in [0.1, 0.15) is 46.0 Å². The van der Waals surface area contributed by atoms with Gasteiger partial charge in [0.25, 0.3) is 5.91 Å². The number of ether oxygens (including phenoxy) is 1. The molecular weight excluding hydrogens is 336 g/mol. The number of methoxy groups -OCH3 is 1. The molecule has 0 fully saturated rings. The number of fused-ring (bicyclic) bond motifs is 1. The number of nitrogens with zero attached hydrogens (tertiary/aromatic N) is 1. The number of hydrogen-bond donors (Lipinski definition) is 1. The first-order valence-electron chi connectivity index (χ1n) is 7.88. The molecule has 3 rings (SSSR count). The quantitative estimate of drug-likeness (QED) is 0.703. The normalized spacial score (nSPS) is 10.9. The summed E-state index contributed by atoms with van der Waals surface area (Å²) in [6, 6.07) is 12.4. The summed E-state index contributed by atoms with van der Waals surface area (Å²) in [6.45, 7) is 4.24. The van der Waals surface area contributed by atoms with Gasteiger partial charge in [-0.3, -0.25) is 10.1 Å². The summed E-state index contributed by atoms with van der Waals surface area (Å²) >= 11 is 1.45. The van der Waals surface area contributed by atoms with Crippen molar-refractivity contribution in [2.45, 2.75) is 19.8 Å². The van der Waals surface area contributed by atoms with E-state index < -0.39 is 5.97 Å². The van der Waals surface area contributed by atoms with Gasteiger partial charge in [-0.05, 0) is 41.8 Å². The summed E-state index contributed by atoms with van der Waals surface area (Å²) in [4.78, 5) is 28.4. The number of benzene rings is 2. The number of thiazole rings is 1.